The highest BCUT2D eigenvalue weighted by molar-refractivity contribution is 7.98. The number of nitrogens with zero attached hydrogens (tertiary/aromatic N) is 2. The minimum atomic E-state index is 0.926. The molecule has 0 saturated carbocycles. The van der Waals surface area contributed by atoms with Gasteiger partial charge in [-0.25, -0.2) is 4.98 Å². The molecule has 3 nitrogen and oxygen atoms in total. The van der Waals surface area contributed by atoms with Crippen molar-refractivity contribution in [2.45, 2.75) is 46.1 Å². The van der Waals surface area contributed by atoms with Crippen LogP contribution < -0.4 is 5.32 Å². The van der Waals surface area contributed by atoms with Crippen LogP contribution in [0.3, 0.4) is 0 Å². The molecule has 0 amide bonds. The van der Waals surface area contributed by atoms with E-state index >= 15 is 0 Å². The zero-order chi connectivity index (χ0) is 14.4. The Labute approximate surface area is 130 Å². The number of imidazole rings is 1. The Balaban J connectivity index is 1.73. The third-order valence-corrected chi connectivity index (χ3v) is 5.21. The fraction of sp³-hybridized carbons (Fsp3) is 0.667. The Morgan fingerprint density at radius 3 is 2.85 bits per heavy atom. The van der Waals surface area contributed by atoms with Gasteiger partial charge >= 0.3 is 0 Å². The van der Waals surface area contributed by atoms with Gasteiger partial charge in [-0.3, -0.25) is 4.40 Å². The van der Waals surface area contributed by atoms with E-state index in [1.807, 2.05) is 11.8 Å². The number of rotatable bonds is 9. The van der Waals surface area contributed by atoms with E-state index in [4.69, 9.17) is 0 Å². The Kier molecular flexibility index (Phi) is 6.39. The molecule has 0 radical (unpaired) electrons. The largest absolute Gasteiger partial charge is 0.311 e. The zero-order valence-corrected chi connectivity index (χ0v) is 14.4. The van der Waals surface area contributed by atoms with Crippen LogP contribution in [0.2, 0.25) is 0 Å². The molecule has 2 heterocycles. The van der Waals surface area contributed by atoms with Gasteiger partial charge in [0.1, 0.15) is 0 Å². The maximum Gasteiger partial charge on any atom is 0.194 e. The summed E-state index contributed by atoms with van der Waals surface area (Å²) in [5.74, 6) is 1.30. The lowest BCUT2D eigenvalue weighted by molar-refractivity contribution is 0.592. The van der Waals surface area contributed by atoms with Crippen molar-refractivity contribution in [2.75, 3.05) is 18.6 Å². The van der Waals surface area contributed by atoms with E-state index in [1.165, 1.54) is 42.8 Å². The van der Waals surface area contributed by atoms with Gasteiger partial charge in [0, 0.05) is 17.6 Å². The SMILES string of the molecule is CSCCCCCCNCc1c(C)nc2scc(C)n12. The number of aryl methyl sites for hydroxylation is 2. The average molecular weight is 312 g/mol. The molecule has 0 bridgehead atoms. The van der Waals surface area contributed by atoms with Crippen LogP contribution in [0.1, 0.15) is 42.8 Å². The van der Waals surface area contributed by atoms with Crippen LogP contribution in [0.15, 0.2) is 5.38 Å². The van der Waals surface area contributed by atoms with Crippen LogP contribution in [0.4, 0.5) is 0 Å². The molecule has 20 heavy (non-hydrogen) atoms. The molecule has 0 spiro atoms. The number of thiazole rings is 1. The first kappa shape index (κ1) is 15.9. The zero-order valence-electron chi connectivity index (χ0n) is 12.7. The van der Waals surface area contributed by atoms with Crippen LogP contribution in [0.5, 0.6) is 0 Å². The van der Waals surface area contributed by atoms with Gasteiger partial charge < -0.3 is 5.32 Å². The molecule has 2 aromatic heterocycles. The Hall–Kier alpha value is -0.520. The molecule has 0 saturated heterocycles. The maximum atomic E-state index is 4.62. The van der Waals surface area contributed by atoms with Crippen molar-refractivity contribution in [3.05, 3.63) is 22.5 Å². The summed E-state index contributed by atoms with van der Waals surface area (Å²) in [5.41, 5.74) is 3.77. The molecule has 0 atom stereocenters. The van der Waals surface area contributed by atoms with Crippen LogP contribution in [0, 0.1) is 13.8 Å². The van der Waals surface area contributed by atoms with Crippen molar-refractivity contribution in [2.24, 2.45) is 0 Å². The molecule has 2 rings (SSSR count). The van der Waals surface area contributed by atoms with Crippen molar-refractivity contribution >= 4 is 28.1 Å². The minimum Gasteiger partial charge on any atom is -0.311 e. The highest BCUT2D eigenvalue weighted by Crippen LogP contribution is 2.20. The van der Waals surface area contributed by atoms with Crippen LogP contribution in [0.25, 0.3) is 4.96 Å². The standard InChI is InChI=1S/C15H25N3S2/c1-12-11-20-15-17-13(2)14(18(12)15)10-16-8-6-4-5-7-9-19-3/h11,16H,4-10H2,1-3H3. The molecule has 2 aromatic rings. The predicted molar refractivity (Wildman–Crippen MR) is 91.1 cm³/mol. The van der Waals surface area contributed by atoms with Gasteiger partial charge in [0.25, 0.3) is 0 Å². The number of hydrogen-bond donors (Lipinski definition) is 1. The van der Waals surface area contributed by atoms with Crippen LogP contribution >= 0.6 is 23.1 Å². The number of aromatic nitrogens is 2. The predicted octanol–water partition coefficient (Wildman–Crippen LogP) is 4.03. The third kappa shape index (κ3) is 3.99. The number of hydrogen-bond acceptors (Lipinski definition) is 4. The second kappa shape index (κ2) is 8.05. The van der Waals surface area contributed by atoms with Gasteiger partial charge in [-0.05, 0) is 45.2 Å². The quantitative estimate of drug-likeness (QED) is 0.709. The lowest BCUT2D eigenvalue weighted by Gasteiger charge is -2.06. The molecule has 0 aliphatic rings. The lowest BCUT2D eigenvalue weighted by atomic mass is 10.2. The summed E-state index contributed by atoms with van der Waals surface area (Å²) >= 11 is 3.67. The van der Waals surface area contributed by atoms with E-state index in [1.54, 1.807) is 11.3 Å². The van der Waals surface area contributed by atoms with E-state index < -0.39 is 0 Å². The molecule has 5 heteroatoms. The first-order valence-corrected chi connectivity index (χ1v) is 9.63. The van der Waals surface area contributed by atoms with Crippen molar-refractivity contribution < 1.29 is 0 Å². The Morgan fingerprint density at radius 2 is 2.05 bits per heavy atom. The fourth-order valence-corrected chi connectivity index (χ4v) is 3.86. The first-order valence-electron chi connectivity index (χ1n) is 7.35. The molecule has 0 aliphatic carbocycles. The molecule has 1 N–H and O–H groups in total. The summed E-state index contributed by atoms with van der Waals surface area (Å²) < 4.78 is 2.28. The topological polar surface area (TPSA) is 29.3 Å². The van der Waals surface area contributed by atoms with Crippen LogP contribution in [-0.2, 0) is 6.54 Å². The molecule has 112 valence electrons. The summed E-state index contributed by atoms with van der Waals surface area (Å²) in [7, 11) is 0. The monoisotopic (exact) mass is 311 g/mol. The Morgan fingerprint density at radius 1 is 1.25 bits per heavy atom. The number of nitrogens with one attached hydrogen (secondary N) is 1. The van der Waals surface area contributed by atoms with E-state index in [0.29, 0.717) is 0 Å². The van der Waals surface area contributed by atoms with Gasteiger partial charge in [0.05, 0.1) is 11.4 Å². The van der Waals surface area contributed by atoms with E-state index in [-0.39, 0.29) is 0 Å². The first-order chi connectivity index (χ1) is 9.74. The van der Waals surface area contributed by atoms with Crippen molar-refractivity contribution in [1.82, 2.24) is 14.7 Å². The third-order valence-electron chi connectivity index (χ3n) is 3.57. The average Bonchev–Trinajstić information content (AvgIpc) is 2.93. The van der Waals surface area contributed by atoms with Crippen molar-refractivity contribution in [3.63, 3.8) is 0 Å². The van der Waals surface area contributed by atoms with Crippen LogP contribution in [-0.4, -0.2) is 27.9 Å². The summed E-state index contributed by atoms with van der Waals surface area (Å²) in [5, 5.41) is 5.74. The van der Waals surface area contributed by atoms with Gasteiger partial charge in [0.15, 0.2) is 4.96 Å². The minimum absolute atomic E-state index is 0.926. The number of unbranched alkanes of at least 4 members (excludes halogenated alkanes) is 3. The van der Waals surface area contributed by atoms with Gasteiger partial charge in [-0.15, -0.1) is 11.3 Å². The normalized spacial score (nSPS) is 11.6. The molecule has 0 aliphatic heterocycles. The van der Waals surface area contributed by atoms with Gasteiger partial charge in [-0.2, -0.15) is 11.8 Å². The fourth-order valence-electron chi connectivity index (χ4n) is 2.43. The number of thioether (sulfide) groups is 1. The van der Waals surface area contributed by atoms with E-state index in [2.05, 4.69) is 40.2 Å². The summed E-state index contributed by atoms with van der Waals surface area (Å²) in [6.45, 7) is 6.29. The van der Waals surface area contributed by atoms with Crippen molar-refractivity contribution in [1.29, 1.82) is 0 Å². The summed E-state index contributed by atoms with van der Waals surface area (Å²) in [6.07, 6.45) is 7.52. The molecule has 0 fully saturated rings. The maximum absolute atomic E-state index is 4.62. The smallest absolute Gasteiger partial charge is 0.194 e. The second-order valence-corrected chi connectivity index (χ2v) is 7.04. The molecule has 0 aromatic carbocycles. The Bertz CT molecular complexity index is 530. The number of fused-ring (bicyclic) bond motifs is 1. The molecular formula is C15H25N3S2. The van der Waals surface area contributed by atoms with Crippen molar-refractivity contribution in [3.8, 4) is 0 Å². The summed E-state index contributed by atoms with van der Waals surface area (Å²) in [4.78, 5) is 5.74. The molecule has 0 unspecified atom stereocenters. The second-order valence-electron chi connectivity index (χ2n) is 5.22. The molecular weight excluding hydrogens is 286 g/mol. The van der Waals surface area contributed by atoms with E-state index in [9.17, 15) is 0 Å². The lowest BCUT2D eigenvalue weighted by Crippen LogP contribution is -2.16. The van der Waals surface area contributed by atoms with Gasteiger partial charge in [0.2, 0.25) is 0 Å². The summed E-state index contributed by atoms with van der Waals surface area (Å²) in [6, 6.07) is 0. The highest BCUT2D eigenvalue weighted by Gasteiger charge is 2.11. The van der Waals surface area contributed by atoms with E-state index in [0.717, 1.165) is 23.7 Å². The van der Waals surface area contributed by atoms with Gasteiger partial charge in [-0.1, -0.05) is 12.8 Å². The highest BCUT2D eigenvalue weighted by atomic mass is 32.2.